The van der Waals surface area contributed by atoms with Crippen LogP contribution in [-0.2, 0) is 10.8 Å². The van der Waals surface area contributed by atoms with Crippen molar-refractivity contribution in [2.45, 2.75) is 52.4 Å². The molecule has 30 heavy (non-hydrogen) atoms. The van der Waals surface area contributed by atoms with Crippen molar-refractivity contribution < 1.29 is 47.9 Å². The molecule has 0 aliphatic rings. The van der Waals surface area contributed by atoms with E-state index in [9.17, 15) is 17.3 Å². The Morgan fingerprint density at radius 1 is 0.667 bits per heavy atom. The largest absolute Gasteiger partial charge is 0.673 e. The van der Waals surface area contributed by atoms with Crippen molar-refractivity contribution in [3.8, 4) is 11.5 Å². The Morgan fingerprint density at radius 2 is 0.967 bits per heavy atom. The lowest BCUT2D eigenvalue weighted by Gasteiger charge is -2.22. The van der Waals surface area contributed by atoms with Crippen LogP contribution in [-0.4, -0.2) is 21.5 Å². The molecule has 0 bridgehead atoms. The van der Waals surface area contributed by atoms with Gasteiger partial charge in [-0.25, -0.2) is 0 Å². The van der Waals surface area contributed by atoms with Gasteiger partial charge in [0.15, 0.2) is 7.14 Å². The maximum Gasteiger partial charge on any atom is 0.673 e. The molecule has 0 aromatic heterocycles. The number of hydrogen-bond acceptors (Lipinski definition) is 2. The molecule has 2 aromatic rings. The molecule has 0 spiro atoms. The summed E-state index contributed by atoms with van der Waals surface area (Å²) in [7, 11) is -2.50. The first kappa shape index (κ1) is 26.6. The van der Waals surface area contributed by atoms with E-state index in [1.807, 2.05) is 0 Å². The Kier molecular flexibility index (Phi) is 9.08. The van der Waals surface area contributed by atoms with Crippen LogP contribution in [0.25, 0.3) is 0 Å². The van der Waals surface area contributed by atoms with Crippen molar-refractivity contribution >= 4 is 7.25 Å². The minimum absolute atomic E-state index is 0.0710. The van der Waals surface area contributed by atoms with Crippen molar-refractivity contribution in [3.05, 3.63) is 54.7 Å². The maximum absolute atomic E-state index is 9.75. The van der Waals surface area contributed by atoms with Gasteiger partial charge in [0.1, 0.15) is 11.5 Å². The minimum atomic E-state index is -6.00. The summed E-state index contributed by atoms with van der Waals surface area (Å²) >= 11 is -0.249. The van der Waals surface area contributed by atoms with Gasteiger partial charge in [0, 0.05) is 11.1 Å². The third kappa shape index (κ3) is 8.74. The van der Waals surface area contributed by atoms with Gasteiger partial charge in [-0.1, -0.05) is 41.5 Å². The van der Waals surface area contributed by atoms with Crippen LogP contribution >= 0.6 is 0 Å². The van der Waals surface area contributed by atoms with Crippen LogP contribution in [0.2, 0.25) is 0 Å². The van der Waals surface area contributed by atoms with Crippen LogP contribution in [0.1, 0.15) is 52.7 Å². The van der Waals surface area contributed by atoms with Gasteiger partial charge in [0.2, 0.25) is 0 Å². The second-order valence-corrected chi connectivity index (χ2v) is 11.8. The van der Waals surface area contributed by atoms with E-state index in [2.05, 4.69) is 77.9 Å². The lowest BCUT2D eigenvalue weighted by molar-refractivity contribution is -0.597. The Balaban J connectivity index is 0.000000804. The molecule has 0 fully saturated rings. The van der Waals surface area contributed by atoms with E-state index >= 15 is 0 Å². The minimum Gasteiger partial charge on any atom is -0.496 e. The summed E-state index contributed by atoms with van der Waals surface area (Å²) in [5, 5.41) is 0. The summed E-state index contributed by atoms with van der Waals surface area (Å²) in [6, 6.07) is 13.3. The fraction of sp³-hybridized carbons (Fsp3) is 0.455. The Hall–Kier alpha value is -1.45. The molecular weight excluding hydrogens is 510 g/mol. The van der Waals surface area contributed by atoms with Crippen molar-refractivity contribution in [1.82, 2.24) is 0 Å². The molecule has 2 rings (SSSR count). The first-order valence-electron chi connectivity index (χ1n) is 9.45. The second kappa shape index (κ2) is 10.2. The summed E-state index contributed by atoms with van der Waals surface area (Å²) in [4.78, 5) is 0. The van der Waals surface area contributed by atoms with Crippen LogP contribution in [0.4, 0.5) is 17.3 Å². The highest BCUT2D eigenvalue weighted by atomic mass is 127. The number of halogens is 5. The van der Waals surface area contributed by atoms with Gasteiger partial charge in [0.05, 0.1) is 14.2 Å². The van der Waals surface area contributed by atoms with Gasteiger partial charge in [-0.15, -0.1) is 0 Å². The normalized spacial score (nSPS) is 12.1. The topological polar surface area (TPSA) is 18.5 Å². The number of rotatable bonds is 4. The lowest BCUT2D eigenvalue weighted by Crippen LogP contribution is -3.61. The fourth-order valence-corrected chi connectivity index (χ4v) is 5.15. The molecule has 168 valence electrons. The van der Waals surface area contributed by atoms with Gasteiger partial charge >= 0.3 is 28.5 Å². The summed E-state index contributed by atoms with van der Waals surface area (Å²) in [6.07, 6.45) is 0. The summed E-state index contributed by atoms with van der Waals surface area (Å²) in [5.41, 5.74) is 2.69. The first-order chi connectivity index (χ1) is 13.6. The van der Waals surface area contributed by atoms with Crippen molar-refractivity contribution in [1.29, 1.82) is 0 Å². The number of ether oxygens (including phenoxy) is 2. The quantitative estimate of drug-likeness (QED) is 0.335. The standard InChI is InChI=1S/C22H30IO2.BF4/c1-21(2,3)17-13-15(9-11-19(17)24-7)23-16-10-12-20(25-8)18(14-16)22(4,5)6;2-1(3,4)5/h9-14H,1-8H3;/q+1;-1. The Morgan fingerprint density at radius 3 is 1.20 bits per heavy atom. The number of benzene rings is 2. The van der Waals surface area contributed by atoms with E-state index in [1.54, 1.807) is 14.2 Å². The molecule has 0 aliphatic heterocycles. The molecule has 0 saturated heterocycles. The van der Waals surface area contributed by atoms with Gasteiger partial charge < -0.3 is 26.7 Å². The zero-order valence-corrected chi connectivity index (χ0v) is 20.9. The highest BCUT2D eigenvalue weighted by Crippen LogP contribution is 2.31. The first-order valence-corrected chi connectivity index (χ1v) is 11.6. The molecular formula is C22H30BF4IO2. The van der Waals surface area contributed by atoms with Crippen LogP contribution in [0, 0.1) is 7.14 Å². The zero-order valence-electron chi connectivity index (χ0n) is 18.7. The molecule has 0 unspecified atom stereocenters. The molecule has 0 heterocycles. The summed E-state index contributed by atoms with van der Waals surface area (Å²) in [5.74, 6) is 1.95. The molecule has 0 amide bonds. The van der Waals surface area contributed by atoms with E-state index in [-0.39, 0.29) is 32.0 Å². The van der Waals surface area contributed by atoms with Crippen molar-refractivity contribution in [2.24, 2.45) is 0 Å². The molecule has 0 N–H and O–H groups in total. The molecule has 2 aromatic carbocycles. The average molecular weight is 540 g/mol. The van der Waals surface area contributed by atoms with Crippen LogP contribution < -0.4 is 30.7 Å². The molecule has 0 radical (unpaired) electrons. The van der Waals surface area contributed by atoms with E-state index in [1.165, 1.54) is 18.3 Å². The average Bonchev–Trinajstić information content (AvgIpc) is 2.58. The van der Waals surface area contributed by atoms with E-state index in [0.717, 1.165) is 11.5 Å². The predicted octanol–water partition coefficient (Wildman–Crippen LogP) is 3.73. The Labute approximate surface area is 187 Å². The molecule has 0 saturated carbocycles. The van der Waals surface area contributed by atoms with Gasteiger partial charge in [-0.3, -0.25) is 0 Å². The third-order valence-corrected chi connectivity index (χ3v) is 6.74. The van der Waals surface area contributed by atoms with E-state index in [0.29, 0.717) is 0 Å². The number of hydrogen-bond donors (Lipinski definition) is 0. The monoisotopic (exact) mass is 540 g/mol. The lowest BCUT2D eigenvalue weighted by atomic mass is 9.86. The van der Waals surface area contributed by atoms with E-state index in [4.69, 9.17) is 9.47 Å². The number of methoxy groups -OCH3 is 2. The predicted molar refractivity (Wildman–Crippen MR) is 111 cm³/mol. The SMILES string of the molecule is COc1ccc([I+]c2ccc(OC)c(C(C)(C)C)c2)cc1C(C)(C)C.F[B-](F)(F)F. The highest BCUT2D eigenvalue weighted by molar-refractivity contribution is 6.50. The molecule has 0 aliphatic carbocycles. The summed E-state index contributed by atoms with van der Waals surface area (Å²) in [6.45, 7) is 13.4. The zero-order chi connectivity index (χ0) is 23.3. The van der Waals surface area contributed by atoms with Crippen LogP contribution in [0.5, 0.6) is 11.5 Å². The molecule has 0 atom stereocenters. The van der Waals surface area contributed by atoms with Gasteiger partial charge in [-0.05, 0) is 47.2 Å². The second-order valence-electron chi connectivity index (χ2n) is 8.78. The third-order valence-electron chi connectivity index (χ3n) is 4.16. The van der Waals surface area contributed by atoms with Crippen LogP contribution in [0.3, 0.4) is 0 Å². The van der Waals surface area contributed by atoms with Crippen LogP contribution in [0.15, 0.2) is 36.4 Å². The molecule has 8 heteroatoms. The van der Waals surface area contributed by atoms with Gasteiger partial charge in [0.25, 0.3) is 0 Å². The van der Waals surface area contributed by atoms with Crippen molar-refractivity contribution in [3.63, 3.8) is 0 Å². The summed E-state index contributed by atoms with van der Waals surface area (Å²) < 4.78 is 53.0. The van der Waals surface area contributed by atoms with Crippen molar-refractivity contribution in [2.75, 3.05) is 14.2 Å². The van der Waals surface area contributed by atoms with E-state index < -0.39 is 7.25 Å². The van der Waals surface area contributed by atoms with Gasteiger partial charge in [-0.2, -0.15) is 0 Å². The maximum atomic E-state index is 9.75. The Bertz CT molecular complexity index is 771. The fourth-order valence-electron chi connectivity index (χ4n) is 2.78. The molecule has 2 nitrogen and oxygen atoms in total. The smallest absolute Gasteiger partial charge is 0.496 e. The highest BCUT2D eigenvalue weighted by Gasteiger charge is 2.26.